The average molecular weight is 284 g/mol. The Bertz CT molecular complexity index is 557. The van der Waals surface area contributed by atoms with Gasteiger partial charge in [-0.15, -0.1) is 4.41 Å². The van der Waals surface area contributed by atoms with Gasteiger partial charge in [0.15, 0.2) is 0 Å². The fraction of sp³-hybridized carbons (Fsp3) is 0.462. The van der Waals surface area contributed by atoms with Crippen molar-refractivity contribution in [3.05, 3.63) is 29.8 Å². The molecule has 5 nitrogen and oxygen atoms in total. The maximum atomic E-state index is 12.5. The predicted molar refractivity (Wildman–Crippen MR) is 73.8 cm³/mol. The Morgan fingerprint density at radius 1 is 1.16 bits per heavy atom. The van der Waals surface area contributed by atoms with Gasteiger partial charge in [0.2, 0.25) is 5.91 Å². The molecule has 0 aliphatic carbocycles. The van der Waals surface area contributed by atoms with Crippen LogP contribution in [0, 0.1) is 6.92 Å². The number of hydrogen-bond acceptors (Lipinski definition) is 3. The molecule has 0 unspecified atom stereocenters. The Hall–Kier alpha value is -1.40. The van der Waals surface area contributed by atoms with Gasteiger partial charge < -0.3 is 0 Å². The Morgan fingerprint density at radius 2 is 1.63 bits per heavy atom. The van der Waals surface area contributed by atoms with Crippen molar-refractivity contribution in [3.8, 4) is 0 Å². The van der Waals surface area contributed by atoms with E-state index in [1.807, 2.05) is 6.92 Å². The third-order valence-corrected chi connectivity index (χ3v) is 4.42. The highest BCUT2D eigenvalue weighted by Crippen LogP contribution is 2.22. The largest absolute Gasteiger partial charge is 0.275 e. The molecule has 0 aromatic heterocycles. The molecule has 1 rings (SSSR count). The summed E-state index contributed by atoms with van der Waals surface area (Å²) in [6.45, 7) is 8.31. The molecule has 1 aromatic rings. The first-order chi connectivity index (χ1) is 8.55. The van der Waals surface area contributed by atoms with Crippen LogP contribution in [-0.4, -0.2) is 24.3 Å². The molecule has 0 spiro atoms. The maximum Gasteiger partial charge on any atom is 0.260 e. The van der Waals surface area contributed by atoms with E-state index < -0.39 is 21.5 Å². The van der Waals surface area contributed by atoms with Gasteiger partial charge in [-0.25, -0.2) is 8.42 Å². The molecule has 0 saturated carbocycles. The van der Waals surface area contributed by atoms with Gasteiger partial charge in [-0.2, -0.15) is 0 Å². The summed E-state index contributed by atoms with van der Waals surface area (Å²) in [5, 5.41) is 0. The zero-order valence-electron chi connectivity index (χ0n) is 11.9. The lowest BCUT2D eigenvalue weighted by atomic mass is 10.1. The van der Waals surface area contributed by atoms with Crippen molar-refractivity contribution < 1.29 is 13.2 Å². The third kappa shape index (κ3) is 3.78. The Morgan fingerprint density at radius 3 is 2.00 bits per heavy atom. The number of carbonyl (C=O) groups excluding carboxylic acids is 1. The fourth-order valence-corrected chi connectivity index (χ4v) is 3.21. The lowest BCUT2D eigenvalue weighted by Gasteiger charge is -2.33. The molecule has 0 atom stereocenters. The van der Waals surface area contributed by atoms with E-state index in [0.29, 0.717) is 0 Å². The average Bonchev–Trinajstić information content (AvgIpc) is 2.24. The van der Waals surface area contributed by atoms with Crippen LogP contribution in [0.3, 0.4) is 0 Å². The zero-order chi connectivity index (χ0) is 14.8. The minimum Gasteiger partial charge on any atom is -0.275 e. The highest BCUT2D eigenvalue weighted by atomic mass is 32.2. The molecule has 0 aliphatic heterocycles. The van der Waals surface area contributed by atoms with Gasteiger partial charge >= 0.3 is 0 Å². The summed E-state index contributed by atoms with van der Waals surface area (Å²) >= 11 is 0. The van der Waals surface area contributed by atoms with Gasteiger partial charge in [-0.3, -0.25) is 10.2 Å². The Kier molecular flexibility index (Phi) is 4.37. The van der Waals surface area contributed by atoms with E-state index in [0.717, 1.165) is 9.98 Å². The second-order valence-electron chi connectivity index (χ2n) is 5.42. The van der Waals surface area contributed by atoms with Crippen LogP contribution in [0.1, 0.15) is 33.3 Å². The first kappa shape index (κ1) is 15.7. The van der Waals surface area contributed by atoms with E-state index in [9.17, 15) is 13.2 Å². The van der Waals surface area contributed by atoms with E-state index >= 15 is 0 Å². The summed E-state index contributed by atoms with van der Waals surface area (Å²) in [7, 11) is -3.77. The number of hydrogen-bond donors (Lipinski definition) is 1. The number of carbonyl (C=O) groups is 1. The van der Waals surface area contributed by atoms with Crippen molar-refractivity contribution in [1.29, 1.82) is 0 Å². The topological polar surface area (TPSA) is 66.5 Å². The van der Waals surface area contributed by atoms with E-state index in [4.69, 9.17) is 0 Å². The number of benzene rings is 1. The summed E-state index contributed by atoms with van der Waals surface area (Å²) in [5.74, 6) is -0.425. The molecular weight excluding hydrogens is 264 g/mol. The summed E-state index contributed by atoms with van der Waals surface area (Å²) < 4.78 is 26.1. The second kappa shape index (κ2) is 5.30. The van der Waals surface area contributed by atoms with Crippen molar-refractivity contribution in [2.75, 3.05) is 0 Å². The lowest BCUT2D eigenvalue weighted by molar-refractivity contribution is -0.123. The van der Waals surface area contributed by atoms with Crippen LogP contribution >= 0.6 is 0 Å². The van der Waals surface area contributed by atoms with Crippen molar-refractivity contribution in [3.63, 3.8) is 0 Å². The maximum absolute atomic E-state index is 12.5. The molecule has 0 saturated heterocycles. The van der Waals surface area contributed by atoms with E-state index in [2.05, 4.69) is 5.43 Å². The molecule has 0 aliphatic rings. The van der Waals surface area contributed by atoms with Crippen LogP contribution in [0.4, 0.5) is 0 Å². The zero-order valence-corrected chi connectivity index (χ0v) is 12.7. The summed E-state index contributed by atoms with van der Waals surface area (Å²) in [6.07, 6.45) is 0. The fourth-order valence-electron chi connectivity index (χ4n) is 1.55. The molecule has 0 fully saturated rings. The molecule has 1 N–H and O–H groups in total. The van der Waals surface area contributed by atoms with Crippen LogP contribution in [0.25, 0.3) is 0 Å². The van der Waals surface area contributed by atoms with Crippen LogP contribution in [0.5, 0.6) is 0 Å². The van der Waals surface area contributed by atoms with Crippen LogP contribution < -0.4 is 5.43 Å². The first-order valence-electron chi connectivity index (χ1n) is 5.94. The first-order valence-corrected chi connectivity index (χ1v) is 7.38. The number of sulfonamides is 1. The minimum atomic E-state index is -3.77. The van der Waals surface area contributed by atoms with E-state index in [1.54, 1.807) is 32.9 Å². The third-order valence-electron chi connectivity index (χ3n) is 2.43. The molecule has 1 aromatic carbocycles. The van der Waals surface area contributed by atoms with Gasteiger partial charge in [0.1, 0.15) is 0 Å². The summed E-state index contributed by atoms with van der Waals surface area (Å²) in [5.41, 5.74) is 2.60. The molecule has 6 heteroatoms. The standard InChI is InChI=1S/C13H20N2O3S/c1-10-6-8-12(9-7-10)19(17,18)15(13(3,4)5)14-11(2)16/h6-9H,1-5H3,(H,14,16). The highest BCUT2D eigenvalue weighted by molar-refractivity contribution is 7.89. The van der Waals surface area contributed by atoms with Crippen molar-refractivity contribution in [1.82, 2.24) is 9.84 Å². The van der Waals surface area contributed by atoms with E-state index in [1.165, 1.54) is 19.1 Å². The van der Waals surface area contributed by atoms with Gasteiger partial charge in [-0.1, -0.05) is 17.7 Å². The predicted octanol–water partition coefficient (Wildman–Crippen LogP) is 1.84. The molecule has 0 radical (unpaired) electrons. The number of nitrogens with zero attached hydrogens (tertiary/aromatic N) is 1. The molecular formula is C13H20N2O3S. The number of rotatable bonds is 3. The molecule has 19 heavy (non-hydrogen) atoms. The lowest BCUT2D eigenvalue weighted by Crippen LogP contribution is -2.55. The number of aryl methyl sites for hydroxylation is 1. The van der Waals surface area contributed by atoms with Crippen LogP contribution in [0.15, 0.2) is 29.2 Å². The van der Waals surface area contributed by atoms with Crippen molar-refractivity contribution >= 4 is 15.9 Å². The van der Waals surface area contributed by atoms with Crippen LogP contribution in [0.2, 0.25) is 0 Å². The molecule has 0 heterocycles. The molecule has 0 bridgehead atoms. The second-order valence-corrected chi connectivity index (χ2v) is 7.21. The van der Waals surface area contributed by atoms with Gasteiger partial charge in [0.05, 0.1) is 4.90 Å². The number of nitrogens with one attached hydrogen (secondary N) is 1. The molecule has 106 valence electrons. The summed E-state index contributed by atoms with van der Waals surface area (Å²) in [6, 6.07) is 6.51. The Balaban J connectivity index is 3.27. The normalized spacial score (nSPS) is 12.5. The monoisotopic (exact) mass is 284 g/mol. The number of hydrazine groups is 1. The van der Waals surface area contributed by atoms with Crippen LogP contribution in [-0.2, 0) is 14.8 Å². The van der Waals surface area contributed by atoms with Gasteiger partial charge in [0.25, 0.3) is 10.0 Å². The van der Waals surface area contributed by atoms with Gasteiger partial charge in [-0.05, 0) is 39.8 Å². The SMILES string of the molecule is CC(=O)NN(C(C)(C)C)S(=O)(=O)c1ccc(C)cc1. The van der Waals surface area contributed by atoms with Gasteiger partial charge in [0, 0.05) is 12.5 Å². The highest BCUT2D eigenvalue weighted by Gasteiger charge is 2.34. The van der Waals surface area contributed by atoms with Crippen molar-refractivity contribution in [2.24, 2.45) is 0 Å². The number of amides is 1. The molecule has 1 amide bonds. The smallest absolute Gasteiger partial charge is 0.260 e. The Labute approximate surface area is 114 Å². The summed E-state index contributed by atoms with van der Waals surface area (Å²) in [4.78, 5) is 11.4. The van der Waals surface area contributed by atoms with Crippen molar-refractivity contribution in [2.45, 2.75) is 45.1 Å². The quantitative estimate of drug-likeness (QED) is 0.861. The van der Waals surface area contributed by atoms with E-state index in [-0.39, 0.29) is 4.90 Å². The minimum absolute atomic E-state index is 0.154.